The van der Waals surface area contributed by atoms with Gasteiger partial charge in [0.1, 0.15) is 6.04 Å². The molecule has 3 rings (SSSR count). The van der Waals surface area contributed by atoms with Crippen LogP contribution >= 0.6 is 0 Å². The van der Waals surface area contributed by atoms with Gasteiger partial charge in [0, 0.05) is 31.3 Å². The fourth-order valence-electron chi connectivity index (χ4n) is 3.35. The first-order chi connectivity index (χ1) is 12.4. The zero-order chi connectivity index (χ0) is 18.8. The third-order valence-corrected chi connectivity index (χ3v) is 4.78. The van der Waals surface area contributed by atoms with Gasteiger partial charge in [-0.2, -0.15) is 5.10 Å². The molecule has 1 saturated heterocycles. The lowest BCUT2D eigenvalue weighted by Crippen LogP contribution is -2.40. The molecule has 1 N–H and O–H groups in total. The first kappa shape index (κ1) is 18.1. The van der Waals surface area contributed by atoms with Crippen LogP contribution in [0.4, 0.5) is 0 Å². The fraction of sp³-hybridized carbons (Fsp3) is 0.421. The molecule has 138 valence electrons. The van der Waals surface area contributed by atoms with Crippen molar-refractivity contribution in [1.29, 1.82) is 0 Å². The van der Waals surface area contributed by atoms with E-state index in [1.807, 2.05) is 36.7 Å². The van der Waals surface area contributed by atoms with Gasteiger partial charge in [-0.05, 0) is 37.6 Å². The standard InChI is InChI=1S/C19H23N3O4/c1-12-8-13(2)22(20-12)10-14-4-6-15(7-5-14)18(23)21-11-16(26-3)9-17(21)19(24)25/h4-8,16-17H,9-11H2,1-3H3,(H,24,25). The fourth-order valence-corrected chi connectivity index (χ4v) is 3.35. The summed E-state index contributed by atoms with van der Waals surface area (Å²) in [6.07, 6.45) is 0.0680. The van der Waals surface area contributed by atoms with Gasteiger partial charge < -0.3 is 14.7 Å². The summed E-state index contributed by atoms with van der Waals surface area (Å²) in [5.41, 5.74) is 3.55. The third kappa shape index (κ3) is 3.62. The first-order valence-electron chi connectivity index (χ1n) is 8.55. The second-order valence-corrected chi connectivity index (χ2v) is 6.69. The number of amides is 1. The SMILES string of the molecule is COC1CC(C(=O)O)N(C(=O)c2ccc(Cn3nc(C)cc3C)cc2)C1. The van der Waals surface area contributed by atoms with Crippen LogP contribution in [0.5, 0.6) is 0 Å². The van der Waals surface area contributed by atoms with Crippen molar-refractivity contribution in [2.75, 3.05) is 13.7 Å². The molecule has 26 heavy (non-hydrogen) atoms. The van der Waals surface area contributed by atoms with Gasteiger partial charge in [-0.1, -0.05) is 12.1 Å². The smallest absolute Gasteiger partial charge is 0.326 e. The first-order valence-corrected chi connectivity index (χ1v) is 8.55. The van der Waals surface area contributed by atoms with Gasteiger partial charge >= 0.3 is 5.97 Å². The van der Waals surface area contributed by atoms with Gasteiger partial charge in [-0.25, -0.2) is 4.79 Å². The molecule has 1 aromatic carbocycles. The molecule has 2 unspecified atom stereocenters. The second kappa shape index (κ2) is 7.29. The van der Waals surface area contributed by atoms with Crippen molar-refractivity contribution in [3.05, 3.63) is 52.8 Å². The number of likely N-dealkylation sites (tertiary alicyclic amines) is 1. The van der Waals surface area contributed by atoms with Crippen molar-refractivity contribution in [3.8, 4) is 0 Å². The van der Waals surface area contributed by atoms with E-state index >= 15 is 0 Å². The molecular formula is C19H23N3O4. The van der Waals surface area contributed by atoms with E-state index in [1.165, 1.54) is 12.0 Å². The lowest BCUT2D eigenvalue weighted by atomic mass is 10.1. The Kier molecular flexibility index (Phi) is 5.08. The van der Waals surface area contributed by atoms with Crippen LogP contribution in [-0.4, -0.2) is 57.5 Å². The van der Waals surface area contributed by atoms with Gasteiger partial charge in [0.05, 0.1) is 18.3 Å². The zero-order valence-electron chi connectivity index (χ0n) is 15.2. The van der Waals surface area contributed by atoms with E-state index in [-0.39, 0.29) is 12.0 Å². The van der Waals surface area contributed by atoms with Gasteiger partial charge in [0.25, 0.3) is 5.91 Å². The maximum absolute atomic E-state index is 12.7. The summed E-state index contributed by atoms with van der Waals surface area (Å²) < 4.78 is 7.15. The summed E-state index contributed by atoms with van der Waals surface area (Å²) in [6, 6.07) is 8.41. The Morgan fingerprint density at radius 3 is 2.50 bits per heavy atom. The molecule has 1 aliphatic heterocycles. The lowest BCUT2D eigenvalue weighted by molar-refractivity contribution is -0.141. The normalized spacial score (nSPS) is 19.7. The van der Waals surface area contributed by atoms with E-state index in [1.54, 1.807) is 12.1 Å². The maximum Gasteiger partial charge on any atom is 0.326 e. The zero-order valence-corrected chi connectivity index (χ0v) is 15.2. The van der Waals surface area contributed by atoms with Crippen LogP contribution in [0.25, 0.3) is 0 Å². The summed E-state index contributed by atoms with van der Waals surface area (Å²) >= 11 is 0. The number of ether oxygens (including phenoxy) is 1. The average Bonchev–Trinajstić information content (AvgIpc) is 3.18. The number of carbonyl (C=O) groups is 2. The van der Waals surface area contributed by atoms with Crippen LogP contribution in [0.15, 0.2) is 30.3 Å². The quantitative estimate of drug-likeness (QED) is 0.883. The van der Waals surface area contributed by atoms with Crippen molar-refractivity contribution in [2.24, 2.45) is 0 Å². The Balaban J connectivity index is 1.74. The molecule has 0 aliphatic carbocycles. The summed E-state index contributed by atoms with van der Waals surface area (Å²) in [6.45, 7) is 4.87. The molecule has 2 heterocycles. The number of nitrogens with zero attached hydrogens (tertiary/aromatic N) is 3. The van der Waals surface area contributed by atoms with E-state index in [0.29, 0.717) is 25.1 Å². The summed E-state index contributed by atoms with van der Waals surface area (Å²) in [7, 11) is 1.53. The minimum atomic E-state index is -1.00. The number of carboxylic acid groups (broad SMARTS) is 1. The molecule has 0 spiro atoms. The number of methoxy groups -OCH3 is 1. The number of aromatic nitrogens is 2. The number of hydrogen-bond donors (Lipinski definition) is 1. The van der Waals surface area contributed by atoms with Gasteiger partial charge in [0.2, 0.25) is 0 Å². The van der Waals surface area contributed by atoms with E-state index in [9.17, 15) is 14.7 Å². The number of aliphatic carboxylic acids is 1. The van der Waals surface area contributed by atoms with E-state index in [2.05, 4.69) is 5.10 Å². The molecule has 0 saturated carbocycles. The highest BCUT2D eigenvalue weighted by atomic mass is 16.5. The number of hydrogen-bond acceptors (Lipinski definition) is 4. The summed E-state index contributed by atoms with van der Waals surface area (Å²) in [5.74, 6) is -1.28. The highest BCUT2D eigenvalue weighted by molar-refractivity contribution is 5.97. The topological polar surface area (TPSA) is 84.7 Å². The Labute approximate surface area is 152 Å². The number of carboxylic acids is 1. The minimum Gasteiger partial charge on any atom is -0.480 e. The average molecular weight is 357 g/mol. The highest BCUT2D eigenvalue weighted by Crippen LogP contribution is 2.23. The predicted molar refractivity (Wildman–Crippen MR) is 95.1 cm³/mol. The van der Waals surface area contributed by atoms with Gasteiger partial charge in [0.15, 0.2) is 0 Å². The van der Waals surface area contributed by atoms with Crippen LogP contribution in [0, 0.1) is 13.8 Å². The molecule has 1 aromatic heterocycles. The highest BCUT2D eigenvalue weighted by Gasteiger charge is 2.40. The van der Waals surface area contributed by atoms with Crippen LogP contribution < -0.4 is 0 Å². The van der Waals surface area contributed by atoms with Crippen molar-refractivity contribution in [2.45, 2.75) is 39.0 Å². The van der Waals surface area contributed by atoms with Crippen LogP contribution in [-0.2, 0) is 16.1 Å². The van der Waals surface area contributed by atoms with Crippen molar-refractivity contribution in [3.63, 3.8) is 0 Å². The molecule has 7 nitrogen and oxygen atoms in total. The molecule has 2 atom stereocenters. The molecule has 1 aliphatic rings. The molecule has 0 bridgehead atoms. The van der Waals surface area contributed by atoms with Crippen molar-refractivity contribution in [1.82, 2.24) is 14.7 Å². The number of aryl methyl sites for hydroxylation is 2. The van der Waals surface area contributed by atoms with Gasteiger partial charge in [-0.3, -0.25) is 9.48 Å². The molecule has 2 aromatic rings. The molecule has 0 radical (unpaired) electrons. The maximum atomic E-state index is 12.7. The van der Waals surface area contributed by atoms with Crippen molar-refractivity contribution >= 4 is 11.9 Å². The molecule has 1 fully saturated rings. The Morgan fingerprint density at radius 1 is 1.27 bits per heavy atom. The lowest BCUT2D eigenvalue weighted by Gasteiger charge is -2.21. The monoisotopic (exact) mass is 357 g/mol. The van der Waals surface area contributed by atoms with E-state index < -0.39 is 12.0 Å². The predicted octanol–water partition coefficient (Wildman–Crippen LogP) is 1.86. The summed E-state index contributed by atoms with van der Waals surface area (Å²) in [5, 5.41) is 13.8. The van der Waals surface area contributed by atoms with E-state index in [4.69, 9.17) is 4.74 Å². The number of rotatable bonds is 5. The number of carbonyl (C=O) groups excluding carboxylic acids is 1. The largest absolute Gasteiger partial charge is 0.480 e. The Morgan fingerprint density at radius 2 is 1.96 bits per heavy atom. The molecule has 1 amide bonds. The van der Waals surface area contributed by atoms with Crippen molar-refractivity contribution < 1.29 is 19.4 Å². The van der Waals surface area contributed by atoms with Gasteiger partial charge in [-0.15, -0.1) is 0 Å². The van der Waals surface area contributed by atoms with Crippen LogP contribution in [0.1, 0.15) is 33.7 Å². The minimum absolute atomic E-state index is 0.245. The Hall–Kier alpha value is -2.67. The summed E-state index contributed by atoms with van der Waals surface area (Å²) in [4.78, 5) is 25.6. The van der Waals surface area contributed by atoms with E-state index in [0.717, 1.165) is 17.0 Å². The number of benzene rings is 1. The van der Waals surface area contributed by atoms with Crippen LogP contribution in [0.3, 0.4) is 0 Å². The molecular weight excluding hydrogens is 334 g/mol. The third-order valence-electron chi connectivity index (χ3n) is 4.78. The van der Waals surface area contributed by atoms with Crippen LogP contribution in [0.2, 0.25) is 0 Å². The Bertz CT molecular complexity index is 813. The second-order valence-electron chi connectivity index (χ2n) is 6.69. The molecule has 7 heteroatoms.